The van der Waals surface area contributed by atoms with Crippen LogP contribution in [0.25, 0.3) is 0 Å². The Labute approximate surface area is 98.2 Å². The van der Waals surface area contributed by atoms with Crippen molar-refractivity contribution in [1.29, 1.82) is 0 Å². The summed E-state index contributed by atoms with van der Waals surface area (Å²) < 4.78 is 1.91. The van der Waals surface area contributed by atoms with Gasteiger partial charge in [0.25, 0.3) is 0 Å². The quantitative estimate of drug-likeness (QED) is 0.842. The van der Waals surface area contributed by atoms with Crippen molar-refractivity contribution < 1.29 is 0 Å². The van der Waals surface area contributed by atoms with Crippen molar-refractivity contribution in [1.82, 2.24) is 15.1 Å². The van der Waals surface area contributed by atoms with Gasteiger partial charge < -0.3 is 5.32 Å². The Morgan fingerprint density at radius 3 is 2.75 bits per heavy atom. The molecule has 0 bridgehead atoms. The first-order valence-electron chi connectivity index (χ1n) is 6.42. The standard InChI is InChI=1S/C13H23N3/c1-14-10-12-6-4-3-5-11(12)9-13-7-8-16(2)15-13/h7-8,11-12,14H,3-6,9-10H2,1-2H3. The molecule has 1 aliphatic rings. The van der Waals surface area contributed by atoms with E-state index in [1.165, 1.54) is 31.4 Å². The Bertz CT molecular complexity index is 317. The fraction of sp³-hybridized carbons (Fsp3) is 0.769. The van der Waals surface area contributed by atoms with Gasteiger partial charge in [0, 0.05) is 13.2 Å². The van der Waals surface area contributed by atoms with Crippen LogP contribution in [0.4, 0.5) is 0 Å². The second-order valence-electron chi connectivity index (χ2n) is 5.05. The van der Waals surface area contributed by atoms with Gasteiger partial charge in [0.1, 0.15) is 0 Å². The van der Waals surface area contributed by atoms with Gasteiger partial charge in [-0.15, -0.1) is 0 Å². The van der Waals surface area contributed by atoms with E-state index in [0.717, 1.165) is 24.8 Å². The van der Waals surface area contributed by atoms with Crippen LogP contribution in [0.2, 0.25) is 0 Å². The molecule has 1 heterocycles. The maximum Gasteiger partial charge on any atom is 0.0627 e. The third-order valence-electron chi connectivity index (χ3n) is 3.77. The van der Waals surface area contributed by atoms with Gasteiger partial charge in [-0.2, -0.15) is 5.10 Å². The normalized spacial score (nSPS) is 25.9. The van der Waals surface area contributed by atoms with Gasteiger partial charge >= 0.3 is 0 Å². The van der Waals surface area contributed by atoms with Gasteiger partial charge in [-0.3, -0.25) is 4.68 Å². The molecule has 1 aliphatic carbocycles. The molecule has 2 unspecified atom stereocenters. The van der Waals surface area contributed by atoms with Crippen LogP contribution in [0, 0.1) is 11.8 Å². The highest BCUT2D eigenvalue weighted by atomic mass is 15.2. The predicted octanol–water partition coefficient (Wildman–Crippen LogP) is 1.99. The van der Waals surface area contributed by atoms with E-state index in [4.69, 9.17) is 0 Å². The van der Waals surface area contributed by atoms with Crippen molar-refractivity contribution >= 4 is 0 Å². The molecule has 3 heteroatoms. The Balaban J connectivity index is 1.95. The van der Waals surface area contributed by atoms with Crippen LogP contribution in [0.1, 0.15) is 31.4 Å². The zero-order chi connectivity index (χ0) is 11.4. The van der Waals surface area contributed by atoms with E-state index in [0.29, 0.717) is 0 Å². The van der Waals surface area contributed by atoms with Crippen LogP contribution in [0.15, 0.2) is 12.3 Å². The van der Waals surface area contributed by atoms with Gasteiger partial charge in [0.15, 0.2) is 0 Å². The first kappa shape index (κ1) is 11.6. The Hall–Kier alpha value is -0.830. The molecule has 0 aromatic carbocycles. The van der Waals surface area contributed by atoms with Crippen molar-refractivity contribution in [2.75, 3.05) is 13.6 Å². The van der Waals surface area contributed by atoms with Gasteiger partial charge in [-0.1, -0.05) is 12.8 Å². The van der Waals surface area contributed by atoms with Gasteiger partial charge in [-0.05, 0) is 50.8 Å². The second-order valence-corrected chi connectivity index (χ2v) is 5.05. The minimum atomic E-state index is 0.830. The topological polar surface area (TPSA) is 29.9 Å². The summed E-state index contributed by atoms with van der Waals surface area (Å²) >= 11 is 0. The van der Waals surface area contributed by atoms with Crippen LogP contribution < -0.4 is 5.32 Å². The lowest BCUT2D eigenvalue weighted by molar-refractivity contribution is 0.230. The lowest BCUT2D eigenvalue weighted by Gasteiger charge is -2.31. The first-order chi connectivity index (χ1) is 7.79. The summed E-state index contributed by atoms with van der Waals surface area (Å²) in [6.07, 6.45) is 8.78. The van der Waals surface area contributed by atoms with Gasteiger partial charge in [-0.25, -0.2) is 0 Å². The van der Waals surface area contributed by atoms with Crippen molar-refractivity contribution in [3.8, 4) is 0 Å². The molecule has 90 valence electrons. The van der Waals surface area contributed by atoms with E-state index in [9.17, 15) is 0 Å². The summed E-state index contributed by atoms with van der Waals surface area (Å²) in [6, 6.07) is 2.16. The molecule has 1 fully saturated rings. The Morgan fingerprint density at radius 2 is 2.12 bits per heavy atom. The average Bonchev–Trinajstić information content (AvgIpc) is 2.67. The van der Waals surface area contributed by atoms with Crippen LogP contribution in [-0.2, 0) is 13.5 Å². The molecule has 1 saturated carbocycles. The number of nitrogens with one attached hydrogen (secondary N) is 1. The molecule has 0 spiro atoms. The average molecular weight is 221 g/mol. The summed E-state index contributed by atoms with van der Waals surface area (Å²) in [5.74, 6) is 1.68. The molecule has 0 aliphatic heterocycles. The smallest absolute Gasteiger partial charge is 0.0627 e. The Morgan fingerprint density at radius 1 is 1.38 bits per heavy atom. The zero-order valence-corrected chi connectivity index (χ0v) is 10.4. The lowest BCUT2D eigenvalue weighted by Crippen LogP contribution is -2.30. The molecular formula is C13H23N3. The molecule has 1 aromatic rings. The third kappa shape index (κ3) is 2.85. The van der Waals surface area contributed by atoms with E-state index in [1.807, 2.05) is 17.9 Å². The molecule has 1 aromatic heterocycles. The predicted molar refractivity (Wildman–Crippen MR) is 66.3 cm³/mol. The summed E-state index contributed by atoms with van der Waals surface area (Å²) in [5, 5.41) is 7.83. The molecule has 2 rings (SSSR count). The molecule has 1 N–H and O–H groups in total. The van der Waals surface area contributed by atoms with Crippen LogP contribution in [-0.4, -0.2) is 23.4 Å². The first-order valence-corrected chi connectivity index (χ1v) is 6.42. The molecule has 2 atom stereocenters. The minimum Gasteiger partial charge on any atom is -0.319 e. The van der Waals surface area contributed by atoms with Crippen molar-refractivity contribution in [3.63, 3.8) is 0 Å². The fourth-order valence-electron chi connectivity index (χ4n) is 2.92. The molecule has 0 amide bonds. The molecule has 0 radical (unpaired) electrons. The lowest BCUT2D eigenvalue weighted by atomic mass is 9.77. The summed E-state index contributed by atoms with van der Waals surface area (Å²) in [4.78, 5) is 0. The number of nitrogens with zero attached hydrogens (tertiary/aromatic N) is 2. The van der Waals surface area contributed by atoms with Gasteiger partial charge in [0.05, 0.1) is 5.69 Å². The summed E-state index contributed by atoms with van der Waals surface area (Å²) in [6.45, 7) is 1.16. The van der Waals surface area contributed by atoms with Gasteiger partial charge in [0.2, 0.25) is 0 Å². The van der Waals surface area contributed by atoms with E-state index in [2.05, 4.69) is 23.5 Å². The van der Waals surface area contributed by atoms with E-state index >= 15 is 0 Å². The SMILES string of the molecule is CNCC1CCCCC1Cc1ccn(C)n1. The maximum atomic E-state index is 4.50. The van der Waals surface area contributed by atoms with E-state index < -0.39 is 0 Å². The highest BCUT2D eigenvalue weighted by molar-refractivity contribution is 5.01. The van der Waals surface area contributed by atoms with Crippen molar-refractivity contribution in [2.24, 2.45) is 18.9 Å². The highest BCUT2D eigenvalue weighted by Gasteiger charge is 2.25. The Kier molecular flexibility index (Phi) is 3.99. The van der Waals surface area contributed by atoms with Crippen molar-refractivity contribution in [2.45, 2.75) is 32.1 Å². The number of aryl methyl sites for hydroxylation is 1. The van der Waals surface area contributed by atoms with E-state index in [1.54, 1.807) is 0 Å². The molecule has 3 nitrogen and oxygen atoms in total. The molecule has 0 saturated heterocycles. The van der Waals surface area contributed by atoms with Crippen LogP contribution >= 0.6 is 0 Å². The number of rotatable bonds is 4. The zero-order valence-electron chi connectivity index (χ0n) is 10.4. The maximum absolute atomic E-state index is 4.50. The molecule has 16 heavy (non-hydrogen) atoms. The second kappa shape index (κ2) is 5.48. The van der Waals surface area contributed by atoms with Crippen molar-refractivity contribution in [3.05, 3.63) is 18.0 Å². The number of hydrogen-bond acceptors (Lipinski definition) is 2. The largest absolute Gasteiger partial charge is 0.319 e. The third-order valence-corrected chi connectivity index (χ3v) is 3.77. The van der Waals surface area contributed by atoms with Crippen LogP contribution in [0.3, 0.4) is 0 Å². The van der Waals surface area contributed by atoms with E-state index in [-0.39, 0.29) is 0 Å². The number of aromatic nitrogens is 2. The minimum absolute atomic E-state index is 0.830. The fourth-order valence-corrected chi connectivity index (χ4v) is 2.92. The molecular weight excluding hydrogens is 198 g/mol. The summed E-state index contributed by atoms with van der Waals surface area (Å²) in [7, 11) is 4.06. The highest BCUT2D eigenvalue weighted by Crippen LogP contribution is 2.31. The monoisotopic (exact) mass is 221 g/mol. The summed E-state index contributed by atoms with van der Waals surface area (Å²) in [5.41, 5.74) is 1.26. The van der Waals surface area contributed by atoms with Crippen LogP contribution in [0.5, 0.6) is 0 Å². The number of hydrogen-bond donors (Lipinski definition) is 1.